The van der Waals surface area contributed by atoms with Crippen LogP contribution in [-0.4, -0.2) is 30.4 Å². The zero-order valence-corrected chi connectivity index (χ0v) is 12.9. The molecule has 1 unspecified atom stereocenters. The minimum atomic E-state index is -1.29. The minimum absolute atomic E-state index is 0.171. The second-order valence-corrected chi connectivity index (χ2v) is 4.98. The van der Waals surface area contributed by atoms with Crippen LogP contribution >= 0.6 is 11.9 Å². The molecule has 1 atom stereocenters. The van der Waals surface area contributed by atoms with Crippen LogP contribution in [0.5, 0.6) is 5.75 Å². The Hall–Kier alpha value is -2.02. The van der Waals surface area contributed by atoms with Crippen LogP contribution in [-0.2, 0) is 19.1 Å². The number of ether oxygens (including phenoxy) is 2. The van der Waals surface area contributed by atoms with E-state index in [-0.39, 0.29) is 12.5 Å². The number of esters is 1. The van der Waals surface area contributed by atoms with Gasteiger partial charge in [0, 0.05) is 11.8 Å². The number of hydrogen-bond acceptors (Lipinski definition) is 6. The summed E-state index contributed by atoms with van der Waals surface area (Å²) in [5.41, 5.74) is 0. The summed E-state index contributed by atoms with van der Waals surface area (Å²) >= 11 is 1.12. The van der Waals surface area contributed by atoms with Crippen molar-refractivity contribution in [2.24, 2.45) is 0 Å². The molecule has 21 heavy (non-hydrogen) atoms. The number of rotatable bonds is 7. The van der Waals surface area contributed by atoms with E-state index in [0.717, 1.165) is 11.9 Å². The van der Waals surface area contributed by atoms with Crippen LogP contribution in [0.25, 0.3) is 0 Å². The summed E-state index contributed by atoms with van der Waals surface area (Å²) in [6, 6.07) is 6.70. The van der Waals surface area contributed by atoms with Crippen molar-refractivity contribution in [2.75, 3.05) is 6.61 Å². The zero-order chi connectivity index (χ0) is 15.8. The maximum absolute atomic E-state index is 11.7. The van der Waals surface area contributed by atoms with E-state index in [2.05, 4.69) is 4.72 Å². The van der Waals surface area contributed by atoms with E-state index < -0.39 is 17.9 Å². The van der Waals surface area contributed by atoms with Gasteiger partial charge in [-0.2, -0.15) is 0 Å². The van der Waals surface area contributed by atoms with Crippen molar-refractivity contribution in [3.8, 4) is 5.75 Å². The Morgan fingerprint density at radius 1 is 1.29 bits per heavy atom. The van der Waals surface area contributed by atoms with Crippen molar-refractivity contribution in [2.45, 2.75) is 31.8 Å². The van der Waals surface area contributed by atoms with Gasteiger partial charge < -0.3 is 9.47 Å². The molecule has 0 aliphatic rings. The normalized spacial score (nSPS) is 11.4. The molecule has 0 aliphatic carbocycles. The van der Waals surface area contributed by atoms with Crippen LogP contribution in [0.15, 0.2) is 29.2 Å². The summed E-state index contributed by atoms with van der Waals surface area (Å²) < 4.78 is 12.8. The highest BCUT2D eigenvalue weighted by Crippen LogP contribution is 2.22. The van der Waals surface area contributed by atoms with Gasteiger partial charge in [-0.15, -0.1) is 0 Å². The van der Waals surface area contributed by atoms with Gasteiger partial charge in [0.05, 0.1) is 6.61 Å². The number of ketones is 1. The van der Waals surface area contributed by atoms with Crippen molar-refractivity contribution in [3.63, 3.8) is 0 Å². The molecule has 7 heteroatoms. The highest BCUT2D eigenvalue weighted by molar-refractivity contribution is 7.98. The first-order valence-electron chi connectivity index (χ1n) is 6.31. The highest BCUT2D eigenvalue weighted by atomic mass is 32.2. The molecule has 0 radical (unpaired) electrons. The number of Topliss-reactive ketones (excluding diaryl/α,β-unsaturated/α-hetero) is 1. The molecule has 0 saturated heterocycles. The van der Waals surface area contributed by atoms with Gasteiger partial charge in [0.25, 0.3) is 6.10 Å². The number of carbonyl (C=O) groups is 3. The Bertz CT molecular complexity index is 532. The summed E-state index contributed by atoms with van der Waals surface area (Å²) in [7, 11) is 0. The summed E-state index contributed by atoms with van der Waals surface area (Å²) in [5, 5.41) is 0. The van der Waals surface area contributed by atoms with Crippen molar-refractivity contribution in [1.82, 2.24) is 4.72 Å². The van der Waals surface area contributed by atoms with Gasteiger partial charge in [0.2, 0.25) is 5.91 Å². The molecule has 114 valence electrons. The predicted octanol–water partition coefficient (Wildman–Crippen LogP) is 1.73. The Balaban J connectivity index is 2.79. The van der Waals surface area contributed by atoms with E-state index in [1.165, 1.54) is 13.8 Å². The maximum atomic E-state index is 11.7. The zero-order valence-electron chi connectivity index (χ0n) is 12.0. The first-order valence-corrected chi connectivity index (χ1v) is 7.13. The number of hydrogen-bond donors (Lipinski definition) is 1. The second-order valence-electron chi connectivity index (χ2n) is 4.10. The molecule has 0 fully saturated rings. The smallest absolute Gasteiger partial charge is 0.355 e. The predicted molar refractivity (Wildman–Crippen MR) is 77.8 cm³/mol. The van der Waals surface area contributed by atoms with Crippen LogP contribution in [0.3, 0.4) is 0 Å². The number of benzene rings is 1. The van der Waals surface area contributed by atoms with Crippen molar-refractivity contribution in [1.29, 1.82) is 0 Å². The molecule has 1 N–H and O–H groups in total. The highest BCUT2D eigenvalue weighted by Gasteiger charge is 2.26. The fourth-order valence-corrected chi connectivity index (χ4v) is 1.98. The van der Waals surface area contributed by atoms with Crippen LogP contribution in [0.1, 0.15) is 20.8 Å². The molecule has 1 amide bonds. The lowest BCUT2D eigenvalue weighted by Gasteiger charge is -2.15. The Labute approximate surface area is 127 Å². The number of nitrogens with one attached hydrogen (secondary N) is 1. The summed E-state index contributed by atoms with van der Waals surface area (Å²) in [6.07, 6.45) is -1.29. The second kappa shape index (κ2) is 8.31. The van der Waals surface area contributed by atoms with E-state index in [1.54, 1.807) is 31.2 Å². The SMILES string of the molecule is CCOC(=O)C(Oc1cccc(SNC(C)=O)c1)C(C)=O. The Kier molecular flexibility index (Phi) is 6.74. The molecule has 1 rings (SSSR count). The fourth-order valence-electron chi connectivity index (χ4n) is 1.39. The topological polar surface area (TPSA) is 81.7 Å². The third-order valence-corrected chi connectivity index (χ3v) is 3.12. The molecule has 0 aromatic heterocycles. The van der Waals surface area contributed by atoms with E-state index in [4.69, 9.17) is 9.47 Å². The Morgan fingerprint density at radius 3 is 2.57 bits per heavy atom. The molecule has 0 spiro atoms. The third-order valence-electron chi connectivity index (χ3n) is 2.24. The quantitative estimate of drug-likeness (QED) is 0.469. The summed E-state index contributed by atoms with van der Waals surface area (Å²) in [6.45, 7) is 4.49. The van der Waals surface area contributed by atoms with Gasteiger partial charge in [-0.05, 0) is 44.0 Å². The number of carbonyl (C=O) groups excluding carboxylic acids is 3. The monoisotopic (exact) mass is 311 g/mol. The molecular weight excluding hydrogens is 294 g/mol. The lowest BCUT2D eigenvalue weighted by molar-refractivity contribution is -0.155. The van der Waals surface area contributed by atoms with Crippen LogP contribution in [0.2, 0.25) is 0 Å². The molecule has 0 bridgehead atoms. The molecule has 0 aliphatic heterocycles. The van der Waals surface area contributed by atoms with Gasteiger partial charge in [0.1, 0.15) is 5.75 Å². The van der Waals surface area contributed by atoms with Crippen molar-refractivity contribution >= 4 is 29.6 Å². The van der Waals surface area contributed by atoms with E-state index >= 15 is 0 Å². The first-order chi connectivity index (χ1) is 9.93. The molecule has 6 nitrogen and oxygen atoms in total. The Morgan fingerprint density at radius 2 is 2.00 bits per heavy atom. The van der Waals surface area contributed by atoms with Crippen molar-refractivity contribution < 1.29 is 23.9 Å². The largest absolute Gasteiger partial charge is 0.471 e. The van der Waals surface area contributed by atoms with Crippen LogP contribution in [0.4, 0.5) is 0 Å². The van der Waals surface area contributed by atoms with Crippen molar-refractivity contribution in [3.05, 3.63) is 24.3 Å². The van der Waals surface area contributed by atoms with Gasteiger partial charge in [-0.3, -0.25) is 14.3 Å². The molecule has 0 heterocycles. The fraction of sp³-hybridized carbons (Fsp3) is 0.357. The molecule has 1 aromatic rings. The lowest BCUT2D eigenvalue weighted by Crippen LogP contribution is -2.35. The maximum Gasteiger partial charge on any atom is 0.355 e. The van der Waals surface area contributed by atoms with Crippen LogP contribution in [0, 0.1) is 0 Å². The summed E-state index contributed by atoms with van der Waals surface area (Å²) in [4.78, 5) is 34.7. The first kappa shape index (κ1) is 17.0. The van der Waals surface area contributed by atoms with Crippen LogP contribution < -0.4 is 9.46 Å². The van der Waals surface area contributed by atoms with Gasteiger partial charge >= 0.3 is 5.97 Å². The average molecular weight is 311 g/mol. The van der Waals surface area contributed by atoms with Gasteiger partial charge in [-0.25, -0.2) is 4.79 Å². The molecular formula is C14H17NO5S. The van der Waals surface area contributed by atoms with E-state index in [0.29, 0.717) is 10.6 Å². The van der Waals surface area contributed by atoms with E-state index in [9.17, 15) is 14.4 Å². The van der Waals surface area contributed by atoms with Gasteiger partial charge in [0.15, 0.2) is 5.78 Å². The molecule has 0 saturated carbocycles. The van der Waals surface area contributed by atoms with Gasteiger partial charge in [-0.1, -0.05) is 6.07 Å². The molecule has 1 aromatic carbocycles. The lowest BCUT2D eigenvalue weighted by atomic mass is 10.2. The van der Waals surface area contributed by atoms with E-state index in [1.807, 2.05) is 0 Å². The summed E-state index contributed by atoms with van der Waals surface area (Å²) in [5.74, 6) is -0.989. The standard InChI is InChI=1S/C14H17NO5S/c1-4-19-14(18)13(9(2)16)20-11-6-5-7-12(8-11)21-15-10(3)17/h5-8,13H,4H2,1-3H3,(H,15,17). The minimum Gasteiger partial charge on any atom is -0.471 e. The average Bonchev–Trinajstić information content (AvgIpc) is 2.43. The number of amides is 1. The third kappa shape index (κ3) is 5.86.